The lowest BCUT2D eigenvalue weighted by molar-refractivity contribution is 0.190. The molecular weight excluding hydrogens is 424 g/mol. The van der Waals surface area contributed by atoms with Crippen LogP contribution in [-0.4, -0.2) is 30.1 Å². The van der Waals surface area contributed by atoms with Crippen molar-refractivity contribution in [1.29, 1.82) is 0 Å². The number of aromatic amines is 1. The average Bonchev–Trinajstić information content (AvgIpc) is 3.64. The second kappa shape index (κ2) is 7.25. The van der Waals surface area contributed by atoms with Crippen LogP contribution in [0, 0.1) is 5.92 Å². The van der Waals surface area contributed by atoms with Crippen LogP contribution in [0.4, 0.5) is 0 Å². The van der Waals surface area contributed by atoms with E-state index in [9.17, 15) is 0 Å². The fourth-order valence-electron chi connectivity index (χ4n) is 6.38. The first-order valence-electron chi connectivity index (χ1n) is 11.8. The molecule has 7 heteroatoms. The van der Waals surface area contributed by atoms with E-state index in [1.54, 1.807) is 6.20 Å². The van der Waals surface area contributed by atoms with Crippen LogP contribution < -0.4 is 0 Å². The Morgan fingerprint density at radius 1 is 1.09 bits per heavy atom. The maximum Gasteiger partial charge on any atom is 0.143 e. The van der Waals surface area contributed by atoms with Crippen molar-refractivity contribution in [1.82, 2.24) is 30.1 Å². The lowest BCUT2D eigenvalue weighted by Crippen LogP contribution is -2.47. The molecule has 2 aliphatic rings. The zero-order chi connectivity index (χ0) is 22.7. The topological polar surface area (TPSA) is 85.4 Å². The van der Waals surface area contributed by atoms with Crippen molar-refractivity contribution >= 4 is 0 Å². The molecule has 0 fully saturated rings. The summed E-state index contributed by atoms with van der Waals surface area (Å²) in [6.45, 7) is 2.28. The first kappa shape index (κ1) is 19.5. The highest BCUT2D eigenvalue weighted by Gasteiger charge is 2.54. The van der Waals surface area contributed by atoms with Crippen molar-refractivity contribution in [2.75, 3.05) is 0 Å². The third kappa shape index (κ3) is 2.64. The monoisotopic (exact) mass is 448 g/mol. The second-order valence-electron chi connectivity index (χ2n) is 9.47. The van der Waals surface area contributed by atoms with Crippen LogP contribution in [0.25, 0.3) is 16.9 Å². The SMILES string of the molecule is C[C@@H]1c2oncc2C[C@]2(c3ccccc3)c3[nH]nc(-c4cnn(-c5cccnc5)c4)c3CC[C@@H]12. The van der Waals surface area contributed by atoms with Crippen molar-refractivity contribution in [2.24, 2.45) is 5.92 Å². The minimum Gasteiger partial charge on any atom is -0.361 e. The number of aromatic nitrogens is 6. The van der Waals surface area contributed by atoms with Crippen molar-refractivity contribution in [3.8, 4) is 16.9 Å². The van der Waals surface area contributed by atoms with Gasteiger partial charge in [0.15, 0.2) is 0 Å². The Bertz CT molecular complexity index is 1470. The van der Waals surface area contributed by atoms with Gasteiger partial charge in [-0.3, -0.25) is 10.1 Å². The number of hydrogen-bond donors (Lipinski definition) is 1. The summed E-state index contributed by atoms with van der Waals surface area (Å²) >= 11 is 0. The fraction of sp³-hybridized carbons (Fsp3) is 0.259. The molecule has 0 saturated heterocycles. The van der Waals surface area contributed by atoms with Gasteiger partial charge in [0.05, 0.1) is 35.7 Å². The number of rotatable bonds is 3. The summed E-state index contributed by atoms with van der Waals surface area (Å²) in [6, 6.07) is 14.8. The third-order valence-corrected chi connectivity index (χ3v) is 7.87. The molecule has 2 aliphatic carbocycles. The highest BCUT2D eigenvalue weighted by molar-refractivity contribution is 5.66. The van der Waals surface area contributed by atoms with Crippen molar-refractivity contribution < 1.29 is 4.52 Å². The molecule has 5 aromatic rings. The van der Waals surface area contributed by atoms with Crippen molar-refractivity contribution in [3.63, 3.8) is 0 Å². The molecular formula is C27H24N6O. The van der Waals surface area contributed by atoms with Gasteiger partial charge in [0.2, 0.25) is 0 Å². The van der Waals surface area contributed by atoms with Crippen LogP contribution in [0.1, 0.15) is 47.4 Å². The maximum absolute atomic E-state index is 5.71. The molecule has 0 bridgehead atoms. The summed E-state index contributed by atoms with van der Waals surface area (Å²) in [5.74, 6) is 1.71. The smallest absolute Gasteiger partial charge is 0.143 e. The summed E-state index contributed by atoms with van der Waals surface area (Å²) in [6.07, 6.45) is 12.3. The maximum atomic E-state index is 5.71. The van der Waals surface area contributed by atoms with Crippen molar-refractivity contribution in [3.05, 3.63) is 102 Å². The van der Waals surface area contributed by atoms with Gasteiger partial charge < -0.3 is 4.52 Å². The van der Waals surface area contributed by atoms with Crippen molar-refractivity contribution in [2.45, 2.75) is 37.5 Å². The van der Waals surface area contributed by atoms with Gasteiger partial charge in [0.1, 0.15) is 5.76 Å². The van der Waals surface area contributed by atoms with E-state index >= 15 is 0 Å². The van der Waals surface area contributed by atoms with Gasteiger partial charge in [0, 0.05) is 40.4 Å². The van der Waals surface area contributed by atoms with Gasteiger partial charge in [-0.15, -0.1) is 0 Å². The molecule has 0 aliphatic heterocycles. The second-order valence-corrected chi connectivity index (χ2v) is 9.47. The average molecular weight is 449 g/mol. The van der Waals surface area contributed by atoms with Gasteiger partial charge in [-0.1, -0.05) is 42.4 Å². The molecule has 1 N–H and O–H groups in total. The predicted octanol–water partition coefficient (Wildman–Crippen LogP) is 4.85. The Hall–Kier alpha value is -4.00. The quantitative estimate of drug-likeness (QED) is 0.426. The number of H-pyrrole nitrogens is 1. The van der Waals surface area contributed by atoms with E-state index < -0.39 is 0 Å². The number of benzene rings is 1. The van der Waals surface area contributed by atoms with Crippen LogP contribution in [0.5, 0.6) is 0 Å². The van der Waals surface area contributed by atoms with E-state index in [1.807, 2.05) is 41.6 Å². The summed E-state index contributed by atoms with van der Waals surface area (Å²) in [4.78, 5) is 4.22. The molecule has 168 valence electrons. The lowest BCUT2D eigenvalue weighted by atomic mass is 9.53. The molecule has 0 spiro atoms. The first-order chi connectivity index (χ1) is 16.8. The zero-order valence-electron chi connectivity index (χ0n) is 18.8. The first-order valence-corrected chi connectivity index (χ1v) is 11.8. The lowest BCUT2D eigenvalue weighted by Gasteiger charge is -2.49. The fourth-order valence-corrected chi connectivity index (χ4v) is 6.38. The summed E-state index contributed by atoms with van der Waals surface area (Å²) in [5.41, 5.74) is 7.76. The molecule has 0 unspecified atom stereocenters. The van der Waals surface area contributed by atoms with Crippen LogP contribution in [0.2, 0.25) is 0 Å². The molecule has 3 atom stereocenters. The van der Waals surface area contributed by atoms with Gasteiger partial charge in [0.25, 0.3) is 0 Å². The molecule has 34 heavy (non-hydrogen) atoms. The molecule has 0 amide bonds. The van der Waals surface area contributed by atoms with Gasteiger partial charge in [-0.2, -0.15) is 10.2 Å². The van der Waals surface area contributed by atoms with Crippen LogP contribution in [0.15, 0.2) is 78.0 Å². The van der Waals surface area contributed by atoms with E-state index in [2.05, 4.69) is 57.6 Å². The molecule has 0 saturated carbocycles. The summed E-state index contributed by atoms with van der Waals surface area (Å²) in [7, 11) is 0. The zero-order valence-corrected chi connectivity index (χ0v) is 18.8. The Labute approximate surface area is 196 Å². The molecule has 1 aromatic carbocycles. The Morgan fingerprint density at radius 3 is 2.85 bits per heavy atom. The molecule has 7 nitrogen and oxygen atoms in total. The van der Waals surface area contributed by atoms with Crippen LogP contribution in [-0.2, 0) is 18.3 Å². The molecule has 7 rings (SSSR count). The van der Waals surface area contributed by atoms with E-state index in [0.29, 0.717) is 5.92 Å². The summed E-state index contributed by atoms with van der Waals surface area (Å²) in [5, 5.41) is 17.1. The highest BCUT2D eigenvalue weighted by Crippen LogP contribution is 2.57. The predicted molar refractivity (Wildman–Crippen MR) is 127 cm³/mol. The number of nitrogens with zero attached hydrogens (tertiary/aromatic N) is 5. The van der Waals surface area contributed by atoms with Gasteiger partial charge >= 0.3 is 0 Å². The van der Waals surface area contributed by atoms with E-state index in [4.69, 9.17) is 9.62 Å². The minimum absolute atomic E-state index is 0.197. The van der Waals surface area contributed by atoms with Crippen LogP contribution >= 0.6 is 0 Å². The van der Waals surface area contributed by atoms with E-state index in [1.165, 1.54) is 22.4 Å². The highest BCUT2D eigenvalue weighted by atomic mass is 16.5. The number of pyridine rings is 1. The minimum atomic E-state index is -0.197. The molecule has 4 heterocycles. The molecule has 4 aromatic heterocycles. The summed E-state index contributed by atoms with van der Waals surface area (Å²) < 4.78 is 7.57. The van der Waals surface area contributed by atoms with Gasteiger partial charge in [-0.25, -0.2) is 4.68 Å². The van der Waals surface area contributed by atoms with E-state index in [-0.39, 0.29) is 11.3 Å². The number of hydrogen-bond acceptors (Lipinski definition) is 5. The number of nitrogens with one attached hydrogen (secondary N) is 1. The standard InChI is InChI=1S/C27H24N6O/c1-17-23-10-9-22-24(19-13-29-33(16-19)21-8-5-11-28-15-21)31-32-26(22)27(23,20-6-3-2-4-7-20)12-18-14-30-34-25(17)18/h2-8,11,13-17,23H,9-10,12H2,1H3,(H,31,32)/t17-,23-,27+/m0/s1. The Balaban J connectivity index is 1.39. The Kier molecular flexibility index (Phi) is 4.15. The van der Waals surface area contributed by atoms with E-state index in [0.717, 1.165) is 42.0 Å². The van der Waals surface area contributed by atoms with Crippen LogP contribution in [0.3, 0.4) is 0 Å². The number of fused-ring (bicyclic) bond motifs is 4. The third-order valence-electron chi connectivity index (χ3n) is 7.87. The Morgan fingerprint density at radius 2 is 2.00 bits per heavy atom. The normalized spacial score (nSPS) is 23.2. The van der Waals surface area contributed by atoms with Gasteiger partial charge in [-0.05, 0) is 42.9 Å². The molecule has 0 radical (unpaired) electrons. The largest absolute Gasteiger partial charge is 0.361 e.